The summed E-state index contributed by atoms with van der Waals surface area (Å²) in [5, 5.41) is 0. The van der Waals surface area contributed by atoms with E-state index in [1.165, 1.54) is 0 Å². The van der Waals surface area contributed by atoms with E-state index in [1.807, 2.05) is 18.2 Å². The van der Waals surface area contributed by atoms with Gasteiger partial charge in [0.2, 0.25) is 5.75 Å². The van der Waals surface area contributed by atoms with Gasteiger partial charge in [-0.25, -0.2) is 0 Å². The molecule has 0 saturated carbocycles. The van der Waals surface area contributed by atoms with Crippen molar-refractivity contribution in [2.75, 3.05) is 26.6 Å². The monoisotopic (exact) mass is 240 g/mol. The molecule has 0 N–H and O–H groups in total. The van der Waals surface area contributed by atoms with E-state index in [0.717, 1.165) is 5.57 Å². The highest BCUT2D eigenvalue weighted by Crippen LogP contribution is 2.36. The van der Waals surface area contributed by atoms with Crippen LogP contribution in [0.3, 0.4) is 0 Å². The second-order valence-electron chi connectivity index (χ2n) is 3.19. The van der Waals surface area contributed by atoms with Gasteiger partial charge >= 0.3 is 0 Å². The van der Waals surface area contributed by atoms with Crippen LogP contribution < -0.4 is 14.2 Å². The van der Waals surface area contributed by atoms with E-state index < -0.39 is 0 Å². The summed E-state index contributed by atoms with van der Waals surface area (Å²) in [6.45, 7) is 4.22. The van der Waals surface area contributed by atoms with Gasteiger partial charge in [-0.15, -0.1) is 0 Å². The van der Waals surface area contributed by atoms with Crippen LogP contribution in [0.2, 0.25) is 0 Å². The van der Waals surface area contributed by atoms with Crippen LogP contribution in [0.15, 0.2) is 30.4 Å². The largest absolute Gasteiger partial charge is 0.493 e. The first-order valence-electron chi connectivity index (χ1n) is 4.84. The summed E-state index contributed by atoms with van der Waals surface area (Å²) in [7, 11) is 3.18. The molecule has 0 amide bonds. The summed E-state index contributed by atoms with van der Waals surface area (Å²) in [5.74, 6) is 2.48. The van der Waals surface area contributed by atoms with Crippen molar-refractivity contribution in [3.63, 3.8) is 0 Å². The molecule has 0 heterocycles. The number of rotatable bonds is 6. The van der Waals surface area contributed by atoms with Crippen molar-refractivity contribution < 1.29 is 14.2 Å². The van der Waals surface area contributed by atoms with Gasteiger partial charge in [0.15, 0.2) is 11.5 Å². The molecule has 0 atom stereocenters. The molecule has 0 aliphatic heterocycles. The predicted molar refractivity (Wildman–Crippen MR) is 68.0 cm³/mol. The number of ether oxygens (including phenoxy) is 3. The van der Waals surface area contributed by atoms with Crippen LogP contribution in [0.4, 0.5) is 0 Å². The van der Waals surface area contributed by atoms with E-state index in [0.29, 0.717) is 29.6 Å². The highest BCUT2D eigenvalue weighted by atomic mass is 32.1. The van der Waals surface area contributed by atoms with Crippen LogP contribution in [0.25, 0.3) is 0 Å². The Morgan fingerprint density at radius 3 is 2.25 bits per heavy atom. The summed E-state index contributed by atoms with van der Waals surface area (Å²) < 4.78 is 16.0. The minimum atomic E-state index is 0.403. The molecule has 0 radical (unpaired) electrons. The van der Waals surface area contributed by atoms with E-state index in [4.69, 9.17) is 14.2 Å². The average Bonchev–Trinajstić information content (AvgIpc) is 2.35. The highest BCUT2D eigenvalue weighted by molar-refractivity contribution is 7.80. The normalized spacial score (nSPS) is 9.69. The zero-order valence-corrected chi connectivity index (χ0v) is 10.4. The molecule has 0 aliphatic carbocycles. The minimum Gasteiger partial charge on any atom is -0.493 e. The van der Waals surface area contributed by atoms with Crippen LogP contribution in [-0.4, -0.2) is 26.6 Å². The molecule has 0 saturated heterocycles. The molecule has 88 valence electrons. The van der Waals surface area contributed by atoms with Crippen LogP contribution in [-0.2, 0) is 0 Å². The van der Waals surface area contributed by atoms with Crippen molar-refractivity contribution in [1.29, 1.82) is 0 Å². The molecule has 4 heteroatoms. The summed E-state index contributed by atoms with van der Waals surface area (Å²) in [6, 6.07) is 5.49. The quantitative estimate of drug-likeness (QED) is 0.612. The smallest absolute Gasteiger partial charge is 0.203 e. The lowest BCUT2D eigenvalue weighted by Gasteiger charge is -2.14. The fourth-order valence-corrected chi connectivity index (χ4v) is 1.27. The van der Waals surface area contributed by atoms with Crippen molar-refractivity contribution in [2.24, 2.45) is 0 Å². The van der Waals surface area contributed by atoms with Crippen molar-refractivity contribution in [1.82, 2.24) is 0 Å². The Bertz CT molecular complexity index is 341. The van der Waals surface area contributed by atoms with Gasteiger partial charge < -0.3 is 14.2 Å². The summed E-state index contributed by atoms with van der Waals surface area (Å²) in [6.07, 6.45) is 0. The Labute approximate surface area is 101 Å². The first-order chi connectivity index (χ1) is 7.72. The third-order valence-corrected chi connectivity index (χ3v) is 2.47. The fourth-order valence-electron chi connectivity index (χ4n) is 1.18. The molecule has 1 rings (SSSR count). The predicted octanol–water partition coefficient (Wildman–Crippen LogP) is 2.57. The molecule has 0 fully saturated rings. The molecule has 1 aromatic carbocycles. The first kappa shape index (κ1) is 12.8. The Hall–Kier alpha value is -1.29. The number of hydrogen-bond donors (Lipinski definition) is 1. The topological polar surface area (TPSA) is 27.7 Å². The van der Waals surface area contributed by atoms with E-state index in [9.17, 15) is 0 Å². The molecule has 16 heavy (non-hydrogen) atoms. The van der Waals surface area contributed by atoms with Gasteiger partial charge in [-0.2, -0.15) is 12.6 Å². The molecule has 1 aromatic rings. The van der Waals surface area contributed by atoms with Crippen LogP contribution in [0.5, 0.6) is 17.2 Å². The maximum absolute atomic E-state index is 5.60. The SMILES string of the molecule is C=C(CS)COc1c(OC)cccc1OC. The van der Waals surface area contributed by atoms with Crippen molar-refractivity contribution >= 4 is 12.6 Å². The second kappa shape index (κ2) is 6.33. The Morgan fingerprint density at radius 2 is 1.81 bits per heavy atom. The Balaban J connectivity index is 2.86. The molecule has 0 aromatic heterocycles. The van der Waals surface area contributed by atoms with Gasteiger partial charge in [0.05, 0.1) is 14.2 Å². The van der Waals surface area contributed by atoms with Crippen LogP contribution in [0, 0.1) is 0 Å². The molecule has 0 aliphatic rings. The summed E-state index contributed by atoms with van der Waals surface area (Å²) in [5.41, 5.74) is 0.899. The number of thiol groups is 1. The number of benzene rings is 1. The highest BCUT2D eigenvalue weighted by Gasteiger charge is 2.11. The van der Waals surface area contributed by atoms with E-state index >= 15 is 0 Å². The molecule has 0 spiro atoms. The minimum absolute atomic E-state index is 0.403. The number of methoxy groups -OCH3 is 2. The first-order valence-corrected chi connectivity index (χ1v) is 5.47. The lowest BCUT2D eigenvalue weighted by Crippen LogP contribution is -2.04. The van der Waals surface area contributed by atoms with Crippen molar-refractivity contribution in [3.8, 4) is 17.2 Å². The van der Waals surface area contributed by atoms with E-state index in [-0.39, 0.29) is 0 Å². The maximum atomic E-state index is 5.60. The fraction of sp³-hybridized carbons (Fsp3) is 0.333. The zero-order chi connectivity index (χ0) is 12.0. The maximum Gasteiger partial charge on any atom is 0.203 e. The average molecular weight is 240 g/mol. The number of para-hydroxylation sites is 1. The van der Waals surface area contributed by atoms with Gasteiger partial charge in [-0.3, -0.25) is 0 Å². The second-order valence-corrected chi connectivity index (χ2v) is 3.50. The zero-order valence-electron chi connectivity index (χ0n) is 9.53. The molecule has 0 bridgehead atoms. The lowest BCUT2D eigenvalue weighted by atomic mass is 10.3. The third kappa shape index (κ3) is 3.10. The Kier molecular flexibility index (Phi) is 5.05. The molecule has 0 unspecified atom stereocenters. The summed E-state index contributed by atoms with van der Waals surface area (Å²) in [4.78, 5) is 0. The third-order valence-electron chi connectivity index (χ3n) is 2.03. The van der Waals surface area contributed by atoms with E-state index in [1.54, 1.807) is 14.2 Å². The van der Waals surface area contributed by atoms with Gasteiger partial charge in [-0.05, 0) is 17.7 Å². The lowest BCUT2D eigenvalue weighted by molar-refractivity contribution is 0.296. The molecule has 3 nitrogen and oxygen atoms in total. The van der Waals surface area contributed by atoms with Crippen LogP contribution in [0.1, 0.15) is 0 Å². The standard InChI is InChI=1S/C12H16O3S/c1-9(8-16)7-15-12-10(13-2)5-4-6-11(12)14-3/h4-6,16H,1,7-8H2,2-3H3. The van der Waals surface area contributed by atoms with Crippen molar-refractivity contribution in [2.45, 2.75) is 0 Å². The molecular weight excluding hydrogens is 224 g/mol. The van der Waals surface area contributed by atoms with Gasteiger partial charge in [0.25, 0.3) is 0 Å². The van der Waals surface area contributed by atoms with E-state index in [2.05, 4.69) is 19.2 Å². The van der Waals surface area contributed by atoms with Crippen molar-refractivity contribution in [3.05, 3.63) is 30.4 Å². The van der Waals surface area contributed by atoms with Crippen LogP contribution >= 0.6 is 12.6 Å². The number of hydrogen-bond acceptors (Lipinski definition) is 4. The van der Waals surface area contributed by atoms with Gasteiger partial charge in [0, 0.05) is 5.75 Å². The Morgan fingerprint density at radius 1 is 1.25 bits per heavy atom. The van der Waals surface area contributed by atoms with Gasteiger partial charge in [-0.1, -0.05) is 12.6 Å². The molecular formula is C12H16O3S. The summed E-state index contributed by atoms with van der Waals surface area (Å²) >= 11 is 4.12. The van der Waals surface area contributed by atoms with Gasteiger partial charge in [0.1, 0.15) is 6.61 Å².